The number of benzene rings is 2. The predicted octanol–water partition coefficient (Wildman–Crippen LogP) is 3.89. The Kier molecular flexibility index (Phi) is 8.48. The Labute approximate surface area is 231 Å². The fourth-order valence-electron chi connectivity index (χ4n) is 4.06. The number of likely N-dealkylation sites (N-methyl/N-ethyl adjacent to an activating group) is 2. The maximum Gasteiger partial charge on any atom is 0.245 e. The number of carbonyl (C=O) groups excluding carboxylic acids is 1. The number of hydrogen-bond donors (Lipinski definition) is 2. The van der Waals surface area contributed by atoms with Crippen LogP contribution in [0.1, 0.15) is 5.56 Å². The van der Waals surface area contributed by atoms with Crippen molar-refractivity contribution in [3.05, 3.63) is 76.7 Å². The number of ether oxygens (including phenoxy) is 1. The number of aromatic nitrogens is 3. The van der Waals surface area contributed by atoms with Crippen LogP contribution in [0, 0.1) is 0 Å². The maximum atomic E-state index is 12.6. The second-order valence-electron chi connectivity index (χ2n) is 9.16. The van der Waals surface area contributed by atoms with Crippen molar-refractivity contribution in [2.75, 3.05) is 57.3 Å². The summed E-state index contributed by atoms with van der Waals surface area (Å²) in [5, 5.41) is 3.08. The fourth-order valence-corrected chi connectivity index (χ4v) is 4.12. The molecular formula is C28H30ClN7O3. The lowest BCUT2D eigenvalue weighted by atomic mass is 10.1. The van der Waals surface area contributed by atoms with E-state index in [1.54, 1.807) is 60.5 Å². The van der Waals surface area contributed by atoms with Crippen LogP contribution in [0.25, 0.3) is 22.8 Å². The van der Waals surface area contributed by atoms with Crippen molar-refractivity contribution in [2.24, 2.45) is 0 Å². The van der Waals surface area contributed by atoms with Crippen molar-refractivity contribution in [3.8, 4) is 11.6 Å². The van der Waals surface area contributed by atoms with Gasteiger partial charge in [0, 0.05) is 50.0 Å². The van der Waals surface area contributed by atoms with Crippen LogP contribution in [-0.4, -0.2) is 66.0 Å². The van der Waals surface area contributed by atoms with Crippen LogP contribution in [0.4, 0.5) is 23.0 Å². The molecule has 0 unspecified atom stereocenters. The Bertz CT molecular complexity index is 1600. The summed E-state index contributed by atoms with van der Waals surface area (Å²) >= 11 is 5.40. The summed E-state index contributed by atoms with van der Waals surface area (Å²) in [5.41, 5.74) is 9.63. The molecule has 2 aromatic heterocycles. The Morgan fingerprint density at radius 2 is 1.95 bits per heavy atom. The van der Waals surface area contributed by atoms with E-state index in [2.05, 4.69) is 25.1 Å². The first-order valence-electron chi connectivity index (χ1n) is 12.1. The number of nitrogens with zero attached hydrogens (tertiary/aromatic N) is 5. The van der Waals surface area contributed by atoms with Crippen molar-refractivity contribution >= 4 is 56.8 Å². The summed E-state index contributed by atoms with van der Waals surface area (Å²) in [7, 11) is 7.63. The molecule has 0 aliphatic heterocycles. The molecule has 0 bridgehead atoms. The van der Waals surface area contributed by atoms with Gasteiger partial charge in [-0.05, 0) is 61.6 Å². The minimum atomic E-state index is -0.592. The lowest BCUT2D eigenvalue weighted by Crippen LogP contribution is -2.29. The highest BCUT2D eigenvalue weighted by Gasteiger charge is 2.14. The molecule has 0 saturated carbocycles. The van der Waals surface area contributed by atoms with Crippen LogP contribution >= 0.6 is 11.6 Å². The average molecular weight is 548 g/mol. The van der Waals surface area contributed by atoms with Gasteiger partial charge in [0.15, 0.2) is 5.43 Å². The van der Waals surface area contributed by atoms with Crippen LogP contribution in [-0.2, 0) is 4.79 Å². The SMILES string of the molecule is COc1cc(N(C)CCN(C)C)c(N)cc1Nc1nccc(-n2ccc(=O)c3cc(/C=C/C(=O)Cl)ccc32)n1. The Morgan fingerprint density at radius 1 is 1.15 bits per heavy atom. The van der Waals surface area contributed by atoms with Crippen molar-refractivity contribution in [3.63, 3.8) is 0 Å². The van der Waals surface area contributed by atoms with Crippen molar-refractivity contribution in [1.29, 1.82) is 0 Å². The zero-order valence-electron chi connectivity index (χ0n) is 22.2. The summed E-state index contributed by atoms with van der Waals surface area (Å²) in [6, 6.07) is 12.2. The maximum absolute atomic E-state index is 12.6. The van der Waals surface area contributed by atoms with Gasteiger partial charge < -0.3 is 30.2 Å². The second kappa shape index (κ2) is 12.0. The third-order valence-corrected chi connectivity index (χ3v) is 6.23. The van der Waals surface area contributed by atoms with Gasteiger partial charge in [-0.3, -0.25) is 9.59 Å². The molecule has 39 heavy (non-hydrogen) atoms. The molecule has 0 aliphatic carbocycles. The molecular weight excluding hydrogens is 518 g/mol. The first-order chi connectivity index (χ1) is 18.7. The van der Waals surface area contributed by atoms with E-state index in [4.69, 9.17) is 22.1 Å². The highest BCUT2D eigenvalue weighted by Crippen LogP contribution is 2.36. The largest absolute Gasteiger partial charge is 0.494 e. The third kappa shape index (κ3) is 6.54. The second-order valence-corrected chi connectivity index (χ2v) is 9.54. The van der Waals surface area contributed by atoms with Gasteiger partial charge in [-0.25, -0.2) is 4.98 Å². The average Bonchev–Trinajstić information content (AvgIpc) is 2.91. The number of carbonyl (C=O) groups is 1. The molecule has 2 aromatic carbocycles. The number of pyridine rings is 1. The molecule has 0 saturated heterocycles. The smallest absolute Gasteiger partial charge is 0.245 e. The molecule has 4 rings (SSSR count). The molecule has 0 aliphatic rings. The number of halogens is 1. The standard InChI is InChI=1S/C28H30ClN7O3/c1-34(2)13-14-35(3)23-17-25(39-4)21(16-20(23)30)32-28-31-11-9-27(33-28)36-12-10-24(37)19-15-18(5-7-22(19)36)6-8-26(29)38/h5-12,15-17H,13-14,30H2,1-4H3,(H,31,32,33)/b8-6+. The quantitative estimate of drug-likeness (QED) is 0.173. The molecule has 11 heteroatoms. The van der Waals surface area contributed by atoms with Crippen LogP contribution in [0.15, 0.2) is 65.7 Å². The molecule has 0 atom stereocenters. The first-order valence-corrected chi connectivity index (χ1v) is 12.5. The lowest BCUT2D eigenvalue weighted by Gasteiger charge is -2.24. The number of anilines is 4. The number of methoxy groups -OCH3 is 1. The minimum absolute atomic E-state index is 0.156. The molecule has 202 valence electrons. The van der Waals surface area contributed by atoms with Gasteiger partial charge in [0.05, 0.1) is 29.7 Å². The fraction of sp³-hybridized carbons (Fsp3) is 0.214. The molecule has 0 fully saturated rings. The number of nitrogens with two attached hydrogens (primary N) is 1. The van der Waals surface area contributed by atoms with Gasteiger partial charge in [-0.15, -0.1) is 0 Å². The van der Waals surface area contributed by atoms with Gasteiger partial charge >= 0.3 is 0 Å². The minimum Gasteiger partial charge on any atom is -0.494 e. The molecule has 3 N–H and O–H groups in total. The van der Waals surface area contributed by atoms with Crippen LogP contribution in [0.2, 0.25) is 0 Å². The predicted molar refractivity (Wildman–Crippen MR) is 158 cm³/mol. The van der Waals surface area contributed by atoms with Gasteiger partial charge in [-0.2, -0.15) is 4.98 Å². The normalized spacial score (nSPS) is 11.3. The monoisotopic (exact) mass is 547 g/mol. The summed E-state index contributed by atoms with van der Waals surface area (Å²) in [6.45, 7) is 1.68. The number of hydrogen-bond acceptors (Lipinski definition) is 9. The molecule has 0 amide bonds. The topological polar surface area (TPSA) is 119 Å². The van der Waals surface area contributed by atoms with E-state index in [1.807, 2.05) is 27.2 Å². The Hall–Kier alpha value is -4.41. The summed E-state index contributed by atoms with van der Waals surface area (Å²) < 4.78 is 7.42. The number of nitrogen functional groups attached to an aromatic ring is 1. The van der Waals surface area contributed by atoms with Crippen LogP contribution in [0.3, 0.4) is 0 Å². The van der Waals surface area contributed by atoms with Gasteiger partial charge in [0.1, 0.15) is 11.6 Å². The molecule has 0 spiro atoms. The lowest BCUT2D eigenvalue weighted by molar-refractivity contribution is -0.107. The number of allylic oxidation sites excluding steroid dienone is 1. The van der Waals surface area contributed by atoms with E-state index in [0.29, 0.717) is 45.4 Å². The number of rotatable bonds is 10. The summed E-state index contributed by atoms with van der Waals surface area (Å²) in [5.74, 6) is 1.46. The van der Waals surface area contributed by atoms with Gasteiger partial charge in [0.25, 0.3) is 0 Å². The molecule has 10 nitrogen and oxygen atoms in total. The van der Waals surface area contributed by atoms with Crippen molar-refractivity contribution in [1.82, 2.24) is 19.4 Å². The van der Waals surface area contributed by atoms with E-state index in [-0.39, 0.29) is 5.43 Å². The van der Waals surface area contributed by atoms with Gasteiger partial charge in [-0.1, -0.05) is 12.1 Å². The summed E-state index contributed by atoms with van der Waals surface area (Å²) in [6.07, 6.45) is 6.08. The zero-order chi connectivity index (χ0) is 28.1. The first kappa shape index (κ1) is 27.6. The molecule has 2 heterocycles. The molecule has 4 aromatic rings. The van der Waals surface area contributed by atoms with Crippen LogP contribution in [0.5, 0.6) is 5.75 Å². The van der Waals surface area contributed by atoms with Crippen molar-refractivity contribution < 1.29 is 9.53 Å². The van der Waals surface area contributed by atoms with E-state index >= 15 is 0 Å². The highest BCUT2D eigenvalue weighted by molar-refractivity contribution is 6.66. The summed E-state index contributed by atoms with van der Waals surface area (Å²) in [4.78, 5) is 36.9. The van der Waals surface area contributed by atoms with E-state index in [9.17, 15) is 9.59 Å². The Morgan fingerprint density at radius 3 is 2.67 bits per heavy atom. The van der Waals surface area contributed by atoms with E-state index in [1.165, 1.54) is 12.1 Å². The molecule has 0 radical (unpaired) electrons. The zero-order valence-corrected chi connectivity index (χ0v) is 22.9. The van der Waals surface area contributed by atoms with E-state index in [0.717, 1.165) is 18.8 Å². The third-order valence-electron chi connectivity index (χ3n) is 6.10. The number of nitrogens with one attached hydrogen (secondary N) is 1. The van der Waals surface area contributed by atoms with Gasteiger partial charge in [0.2, 0.25) is 11.2 Å². The Balaban J connectivity index is 1.66. The van der Waals surface area contributed by atoms with Crippen molar-refractivity contribution in [2.45, 2.75) is 0 Å². The van der Waals surface area contributed by atoms with Crippen LogP contribution < -0.4 is 26.1 Å². The highest BCUT2D eigenvalue weighted by atomic mass is 35.5. The number of fused-ring (bicyclic) bond motifs is 1. The van der Waals surface area contributed by atoms with E-state index < -0.39 is 5.24 Å².